The number of halogens is 2. The van der Waals surface area contributed by atoms with E-state index in [-0.39, 0.29) is 5.82 Å². The summed E-state index contributed by atoms with van der Waals surface area (Å²) in [6, 6.07) is 6.51. The lowest BCUT2D eigenvalue weighted by atomic mass is 9.95. The first-order chi connectivity index (χ1) is 8.66. The van der Waals surface area contributed by atoms with Gasteiger partial charge in [0, 0.05) is 22.5 Å². The van der Waals surface area contributed by atoms with Gasteiger partial charge in [-0.2, -0.15) is 0 Å². The zero-order valence-electron chi connectivity index (χ0n) is 9.74. The van der Waals surface area contributed by atoms with E-state index in [4.69, 9.17) is 11.6 Å². The van der Waals surface area contributed by atoms with Crippen LogP contribution in [0.15, 0.2) is 30.5 Å². The lowest BCUT2D eigenvalue weighted by Gasteiger charge is -2.20. The normalized spacial score (nSPS) is 18.7. The molecule has 18 heavy (non-hydrogen) atoms. The van der Waals surface area contributed by atoms with Crippen molar-refractivity contribution in [2.45, 2.75) is 25.4 Å². The number of nitrogens with zero attached hydrogens (tertiary/aromatic N) is 1. The summed E-state index contributed by atoms with van der Waals surface area (Å²) in [5, 5.41) is 10.3. The van der Waals surface area contributed by atoms with Gasteiger partial charge in [-0.1, -0.05) is 11.6 Å². The topological polar surface area (TPSA) is 25.2 Å². The summed E-state index contributed by atoms with van der Waals surface area (Å²) in [4.78, 5) is 0. The van der Waals surface area contributed by atoms with Crippen molar-refractivity contribution in [2.75, 3.05) is 0 Å². The van der Waals surface area contributed by atoms with Crippen LogP contribution in [0.4, 0.5) is 4.39 Å². The second kappa shape index (κ2) is 4.41. The van der Waals surface area contributed by atoms with Crippen LogP contribution < -0.4 is 0 Å². The molecule has 0 saturated carbocycles. The minimum Gasteiger partial charge on any atom is -0.388 e. The molecular weight excluding hydrogens is 253 g/mol. The molecule has 2 nitrogen and oxygen atoms in total. The Morgan fingerprint density at radius 2 is 2.17 bits per heavy atom. The van der Waals surface area contributed by atoms with E-state index in [1.165, 1.54) is 6.07 Å². The lowest BCUT2D eigenvalue weighted by molar-refractivity contribution is 0.156. The molecule has 0 radical (unpaired) electrons. The van der Waals surface area contributed by atoms with E-state index in [9.17, 15) is 9.50 Å². The molecule has 1 atom stereocenters. The fourth-order valence-electron chi connectivity index (χ4n) is 2.57. The Morgan fingerprint density at radius 3 is 2.94 bits per heavy atom. The van der Waals surface area contributed by atoms with E-state index in [1.807, 2.05) is 16.8 Å². The molecule has 1 aromatic heterocycles. The lowest BCUT2D eigenvalue weighted by Crippen LogP contribution is -2.11. The number of fused-ring (bicyclic) bond motifs is 1. The van der Waals surface area contributed by atoms with Crippen LogP contribution in [0.3, 0.4) is 0 Å². The second-order valence-corrected chi connectivity index (χ2v) is 5.03. The molecule has 1 unspecified atom stereocenters. The second-order valence-electron chi connectivity index (χ2n) is 4.59. The summed E-state index contributed by atoms with van der Waals surface area (Å²) in [5.41, 5.74) is 2.39. The minimum absolute atomic E-state index is 0.346. The highest BCUT2D eigenvalue weighted by atomic mass is 35.5. The third-order valence-electron chi connectivity index (χ3n) is 3.45. The SMILES string of the molecule is OC1CCCc2c1ccn2-c1ccc(Cl)cc1F. The average molecular weight is 266 g/mol. The largest absolute Gasteiger partial charge is 0.388 e. The van der Waals surface area contributed by atoms with Crippen molar-refractivity contribution in [3.05, 3.63) is 52.6 Å². The highest BCUT2D eigenvalue weighted by Gasteiger charge is 2.22. The number of aliphatic hydroxyl groups excluding tert-OH is 1. The number of aromatic nitrogens is 1. The first-order valence-corrected chi connectivity index (χ1v) is 6.38. The van der Waals surface area contributed by atoms with Crippen LogP contribution in [-0.2, 0) is 6.42 Å². The highest BCUT2D eigenvalue weighted by Crippen LogP contribution is 2.32. The molecule has 1 aliphatic rings. The number of hydrogen-bond donors (Lipinski definition) is 1. The van der Waals surface area contributed by atoms with Gasteiger partial charge < -0.3 is 9.67 Å². The Bertz CT molecular complexity index is 593. The van der Waals surface area contributed by atoms with Gasteiger partial charge in [0.2, 0.25) is 0 Å². The standard InChI is InChI=1S/C14H13ClFNO/c15-9-4-5-13(11(16)8-9)17-7-6-10-12(17)2-1-3-14(10)18/h4-8,14,18H,1-3H2. The zero-order chi connectivity index (χ0) is 12.7. The maximum atomic E-state index is 13.9. The molecule has 0 saturated heterocycles. The Morgan fingerprint density at radius 1 is 1.33 bits per heavy atom. The van der Waals surface area contributed by atoms with Crippen LogP contribution in [0.25, 0.3) is 5.69 Å². The van der Waals surface area contributed by atoms with Crippen molar-refractivity contribution in [1.29, 1.82) is 0 Å². The molecule has 0 bridgehead atoms. The van der Waals surface area contributed by atoms with Crippen molar-refractivity contribution in [2.24, 2.45) is 0 Å². The molecule has 1 N–H and O–H groups in total. The molecule has 3 rings (SSSR count). The van der Waals surface area contributed by atoms with Crippen molar-refractivity contribution >= 4 is 11.6 Å². The third kappa shape index (κ3) is 1.84. The maximum Gasteiger partial charge on any atom is 0.148 e. The molecule has 0 amide bonds. The van der Waals surface area contributed by atoms with Gasteiger partial charge >= 0.3 is 0 Å². The van der Waals surface area contributed by atoms with E-state index in [1.54, 1.807) is 12.1 Å². The van der Waals surface area contributed by atoms with Gasteiger partial charge in [0.1, 0.15) is 5.82 Å². The maximum absolute atomic E-state index is 13.9. The van der Waals surface area contributed by atoms with E-state index >= 15 is 0 Å². The van der Waals surface area contributed by atoms with Gasteiger partial charge in [0.15, 0.2) is 0 Å². The zero-order valence-corrected chi connectivity index (χ0v) is 10.5. The molecule has 1 aromatic carbocycles. The van der Waals surface area contributed by atoms with Crippen LogP contribution in [0.5, 0.6) is 0 Å². The molecule has 1 heterocycles. The van der Waals surface area contributed by atoms with Gasteiger partial charge in [0.05, 0.1) is 11.8 Å². The molecule has 0 fully saturated rings. The Hall–Kier alpha value is -1.32. The number of benzene rings is 1. The molecule has 2 aromatic rings. The first-order valence-electron chi connectivity index (χ1n) is 6.00. The van der Waals surface area contributed by atoms with E-state index in [0.29, 0.717) is 10.7 Å². The highest BCUT2D eigenvalue weighted by molar-refractivity contribution is 6.30. The molecule has 0 spiro atoms. The summed E-state index contributed by atoms with van der Waals surface area (Å²) >= 11 is 5.76. The smallest absolute Gasteiger partial charge is 0.148 e. The fraction of sp³-hybridized carbons (Fsp3) is 0.286. The predicted molar refractivity (Wildman–Crippen MR) is 68.6 cm³/mol. The van der Waals surface area contributed by atoms with Crippen molar-refractivity contribution in [3.63, 3.8) is 0 Å². The number of aliphatic hydroxyl groups is 1. The molecule has 1 aliphatic carbocycles. The fourth-order valence-corrected chi connectivity index (χ4v) is 2.73. The minimum atomic E-state index is -0.426. The monoisotopic (exact) mass is 265 g/mol. The van der Waals surface area contributed by atoms with Gasteiger partial charge in [-0.3, -0.25) is 0 Å². The van der Waals surface area contributed by atoms with E-state index in [2.05, 4.69) is 0 Å². The molecule has 94 valence electrons. The van der Waals surface area contributed by atoms with Crippen LogP contribution in [0.2, 0.25) is 5.02 Å². The van der Waals surface area contributed by atoms with Crippen molar-refractivity contribution in [3.8, 4) is 5.69 Å². The van der Waals surface area contributed by atoms with Crippen molar-refractivity contribution < 1.29 is 9.50 Å². The van der Waals surface area contributed by atoms with Gasteiger partial charge in [-0.15, -0.1) is 0 Å². The van der Waals surface area contributed by atoms with Crippen LogP contribution in [0.1, 0.15) is 30.2 Å². The third-order valence-corrected chi connectivity index (χ3v) is 3.68. The average Bonchev–Trinajstić information content (AvgIpc) is 2.74. The van der Waals surface area contributed by atoms with Gasteiger partial charge in [-0.25, -0.2) is 4.39 Å². The quantitative estimate of drug-likeness (QED) is 0.837. The number of rotatable bonds is 1. The summed E-state index contributed by atoms with van der Waals surface area (Å²) in [6.45, 7) is 0. The van der Waals surface area contributed by atoms with Crippen LogP contribution in [-0.4, -0.2) is 9.67 Å². The van der Waals surface area contributed by atoms with Crippen molar-refractivity contribution in [1.82, 2.24) is 4.57 Å². The Balaban J connectivity index is 2.12. The molecular formula is C14H13ClFNO. The van der Waals surface area contributed by atoms with Crippen LogP contribution >= 0.6 is 11.6 Å². The Kier molecular flexibility index (Phi) is 2.88. The summed E-state index contributed by atoms with van der Waals surface area (Å²) < 4.78 is 15.7. The van der Waals surface area contributed by atoms with Crippen LogP contribution in [0, 0.1) is 5.82 Å². The van der Waals surface area contributed by atoms with E-state index in [0.717, 1.165) is 30.5 Å². The summed E-state index contributed by atoms with van der Waals surface area (Å²) in [6.07, 6.45) is 3.95. The summed E-state index contributed by atoms with van der Waals surface area (Å²) in [7, 11) is 0. The first kappa shape index (κ1) is 11.8. The molecule has 0 aliphatic heterocycles. The Labute approximate surface area is 110 Å². The van der Waals surface area contributed by atoms with Gasteiger partial charge in [0.25, 0.3) is 0 Å². The van der Waals surface area contributed by atoms with E-state index < -0.39 is 6.10 Å². The summed E-state index contributed by atoms with van der Waals surface area (Å²) in [5.74, 6) is -0.346. The molecule has 4 heteroatoms. The number of hydrogen-bond acceptors (Lipinski definition) is 1. The predicted octanol–water partition coefficient (Wildman–Crippen LogP) is 3.64. The van der Waals surface area contributed by atoms with Gasteiger partial charge in [-0.05, 0) is 43.5 Å².